The van der Waals surface area contributed by atoms with Gasteiger partial charge >= 0.3 is 0 Å². The molecule has 16 heavy (non-hydrogen) atoms. The number of halogens is 1. The molecule has 0 radical (unpaired) electrons. The summed E-state index contributed by atoms with van der Waals surface area (Å²) in [6.45, 7) is 0. The minimum absolute atomic E-state index is 0.0957. The summed E-state index contributed by atoms with van der Waals surface area (Å²) in [7, 11) is 0. The van der Waals surface area contributed by atoms with E-state index in [1.807, 2.05) is 12.1 Å². The van der Waals surface area contributed by atoms with Crippen molar-refractivity contribution in [3.63, 3.8) is 0 Å². The van der Waals surface area contributed by atoms with Crippen LogP contribution >= 0.6 is 27.7 Å². The van der Waals surface area contributed by atoms with Crippen molar-refractivity contribution >= 4 is 39.3 Å². The van der Waals surface area contributed by atoms with Gasteiger partial charge in [-0.15, -0.1) is 11.8 Å². The molecule has 1 fully saturated rings. The summed E-state index contributed by atoms with van der Waals surface area (Å²) in [5, 5.41) is 3.01. The number of carbonyl (C=O) groups is 1. The molecule has 5 heteroatoms. The summed E-state index contributed by atoms with van der Waals surface area (Å²) in [5.41, 5.74) is 0.749. The fourth-order valence-electron chi connectivity index (χ4n) is 1.64. The molecular formula is C11H13BrN2OS. The van der Waals surface area contributed by atoms with Crippen LogP contribution in [0.5, 0.6) is 0 Å². The second-order valence-corrected chi connectivity index (χ2v) is 5.75. The molecule has 3 nitrogen and oxygen atoms in total. The number of thioether (sulfide) groups is 1. The second-order valence-electron chi connectivity index (χ2n) is 3.69. The molecule has 86 valence electrons. The topological polar surface area (TPSA) is 42.0 Å². The number of anilines is 1. The number of hydrogen-bond donors (Lipinski definition) is 1. The molecule has 1 unspecified atom stereocenters. The number of aromatic nitrogens is 1. The highest BCUT2D eigenvalue weighted by Gasteiger charge is 2.22. The lowest BCUT2D eigenvalue weighted by Crippen LogP contribution is -2.27. The minimum atomic E-state index is 0.0957. The van der Waals surface area contributed by atoms with Crippen molar-refractivity contribution in [1.82, 2.24) is 4.98 Å². The monoisotopic (exact) mass is 300 g/mol. The molecule has 1 atom stereocenters. The molecule has 2 heterocycles. The van der Waals surface area contributed by atoms with Gasteiger partial charge in [0.1, 0.15) is 4.60 Å². The van der Waals surface area contributed by atoms with Crippen LogP contribution in [0, 0.1) is 0 Å². The van der Waals surface area contributed by atoms with Gasteiger partial charge in [-0.3, -0.25) is 4.79 Å². The standard InChI is InChI=1S/C11H13BrN2OS/c12-10-8(4-3-6-13-10)14-11(15)9-5-1-2-7-16-9/h3-4,6,9H,1-2,5,7H2,(H,14,15). The van der Waals surface area contributed by atoms with Crippen molar-refractivity contribution in [2.75, 3.05) is 11.1 Å². The van der Waals surface area contributed by atoms with Gasteiger partial charge in [0, 0.05) is 6.20 Å². The van der Waals surface area contributed by atoms with E-state index in [0.29, 0.717) is 4.60 Å². The molecule has 1 amide bonds. The van der Waals surface area contributed by atoms with E-state index in [4.69, 9.17) is 0 Å². The summed E-state index contributed by atoms with van der Waals surface area (Å²) in [4.78, 5) is 16.0. The largest absolute Gasteiger partial charge is 0.323 e. The first kappa shape index (κ1) is 11.9. The second kappa shape index (κ2) is 5.68. The van der Waals surface area contributed by atoms with Gasteiger partial charge in [-0.2, -0.15) is 0 Å². The van der Waals surface area contributed by atoms with E-state index in [-0.39, 0.29) is 11.2 Å². The number of nitrogens with one attached hydrogen (secondary N) is 1. The van der Waals surface area contributed by atoms with Crippen LogP contribution in [0.2, 0.25) is 0 Å². The summed E-state index contributed by atoms with van der Waals surface area (Å²) >= 11 is 5.06. The fourth-order valence-corrected chi connectivity index (χ4v) is 3.19. The highest BCUT2D eigenvalue weighted by atomic mass is 79.9. The smallest absolute Gasteiger partial charge is 0.237 e. The first-order chi connectivity index (χ1) is 7.77. The highest BCUT2D eigenvalue weighted by molar-refractivity contribution is 9.10. The van der Waals surface area contributed by atoms with Crippen molar-refractivity contribution in [3.05, 3.63) is 22.9 Å². The maximum Gasteiger partial charge on any atom is 0.237 e. The Kier molecular flexibility index (Phi) is 4.23. The maximum atomic E-state index is 11.9. The van der Waals surface area contributed by atoms with Gasteiger partial charge in [-0.05, 0) is 46.7 Å². The van der Waals surface area contributed by atoms with Crippen molar-refractivity contribution in [2.45, 2.75) is 24.5 Å². The third-order valence-electron chi connectivity index (χ3n) is 2.49. The van der Waals surface area contributed by atoms with Gasteiger partial charge in [0.2, 0.25) is 5.91 Å². The predicted molar refractivity (Wildman–Crippen MR) is 70.7 cm³/mol. The normalized spacial score (nSPS) is 20.4. The first-order valence-corrected chi connectivity index (χ1v) is 7.14. The van der Waals surface area contributed by atoms with Crippen LogP contribution in [0.15, 0.2) is 22.9 Å². The van der Waals surface area contributed by atoms with E-state index in [2.05, 4.69) is 26.2 Å². The molecule has 0 spiro atoms. The minimum Gasteiger partial charge on any atom is -0.323 e. The number of carbonyl (C=O) groups excluding carboxylic acids is 1. The van der Waals surface area contributed by atoms with E-state index >= 15 is 0 Å². The Balaban J connectivity index is 1.99. The molecule has 1 aromatic heterocycles. The van der Waals surface area contributed by atoms with Crippen LogP contribution in [0.25, 0.3) is 0 Å². The fraction of sp³-hybridized carbons (Fsp3) is 0.455. The van der Waals surface area contributed by atoms with Gasteiger partial charge in [0.15, 0.2) is 0 Å². The van der Waals surface area contributed by atoms with Gasteiger partial charge < -0.3 is 5.32 Å². The lowest BCUT2D eigenvalue weighted by Gasteiger charge is -2.20. The van der Waals surface area contributed by atoms with Crippen LogP contribution in [0.4, 0.5) is 5.69 Å². The molecule has 0 bridgehead atoms. The molecule has 1 N–H and O–H groups in total. The quantitative estimate of drug-likeness (QED) is 0.854. The van der Waals surface area contributed by atoms with Crippen molar-refractivity contribution in [2.24, 2.45) is 0 Å². The lowest BCUT2D eigenvalue weighted by atomic mass is 10.2. The Bertz CT molecular complexity index is 380. The summed E-state index contributed by atoms with van der Waals surface area (Å²) in [5.74, 6) is 1.19. The van der Waals surface area contributed by atoms with Gasteiger partial charge in [0.05, 0.1) is 10.9 Å². The first-order valence-electron chi connectivity index (χ1n) is 5.30. The number of nitrogens with zero attached hydrogens (tertiary/aromatic N) is 1. The third kappa shape index (κ3) is 2.98. The van der Waals surface area contributed by atoms with Gasteiger partial charge in [-0.1, -0.05) is 6.42 Å². The third-order valence-corrected chi connectivity index (χ3v) is 4.50. The molecule has 1 aliphatic rings. The van der Waals surface area contributed by atoms with Gasteiger partial charge in [0.25, 0.3) is 0 Å². The van der Waals surface area contributed by atoms with Crippen LogP contribution < -0.4 is 5.32 Å². The molecule has 1 saturated heterocycles. The van der Waals surface area contributed by atoms with Crippen LogP contribution in [0.1, 0.15) is 19.3 Å². The number of pyridine rings is 1. The number of hydrogen-bond acceptors (Lipinski definition) is 3. The predicted octanol–water partition coefficient (Wildman–Crippen LogP) is 3.07. The molecule has 1 aromatic rings. The Morgan fingerprint density at radius 2 is 2.44 bits per heavy atom. The molecular weight excluding hydrogens is 288 g/mol. The lowest BCUT2D eigenvalue weighted by molar-refractivity contribution is -0.115. The zero-order valence-electron chi connectivity index (χ0n) is 8.78. The van der Waals surface area contributed by atoms with E-state index in [9.17, 15) is 4.79 Å². The summed E-state index contributed by atoms with van der Waals surface area (Å²) in [6.07, 6.45) is 5.05. The average Bonchev–Trinajstić information content (AvgIpc) is 2.33. The van der Waals surface area contributed by atoms with Crippen molar-refractivity contribution < 1.29 is 4.79 Å². The van der Waals surface area contributed by atoms with E-state index in [1.165, 1.54) is 6.42 Å². The Hall–Kier alpha value is -0.550. The molecule has 0 aromatic carbocycles. The zero-order valence-corrected chi connectivity index (χ0v) is 11.2. The molecule has 0 saturated carbocycles. The number of rotatable bonds is 2. The SMILES string of the molecule is O=C(Nc1cccnc1Br)C1CCCCS1. The van der Waals surface area contributed by atoms with Gasteiger partial charge in [-0.25, -0.2) is 4.98 Å². The Morgan fingerprint density at radius 3 is 3.12 bits per heavy atom. The molecule has 1 aliphatic heterocycles. The van der Waals surface area contributed by atoms with Crippen molar-refractivity contribution in [1.29, 1.82) is 0 Å². The maximum absolute atomic E-state index is 11.9. The summed E-state index contributed by atoms with van der Waals surface area (Å²) in [6, 6.07) is 3.66. The van der Waals surface area contributed by atoms with Crippen LogP contribution in [0.3, 0.4) is 0 Å². The number of amides is 1. The van der Waals surface area contributed by atoms with E-state index in [1.54, 1.807) is 18.0 Å². The average molecular weight is 301 g/mol. The Morgan fingerprint density at radius 1 is 1.56 bits per heavy atom. The zero-order chi connectivity index (χ0) is 11.4. The molecule has 0 aliphatic carbocycles. The Labute approximate surface area is 108 Å². The highest BCUT2D eigenvalue weighted by Crippen LogP contribution is 2.27. The van der Waals surface area contributed by atoms with Crippen molar-refractivity contribution in [3.8, 4) is 0 Å². The van der Waals surface area contributed by atoms with E-state index < -0.39 is 0 Å². The van der Waals surface area contributed by atoms with Crippen LogP contribution in [-0.2, 0) is 4.79 Å². The van der Waals surface area contributed by atoms with E-state index in [0.717, 1.165) is 24.3 Å². The summed E-state index contributed by atoms with van der Waals surface area (Å²) < 4.78 is 0.684. The molecule has 2 rings (SSSR count). The van der Waals surface area contributed by atoms with Crippen LogP contribution in [-0.4, -0.2) is 21.9 Å².